The van der Waals surface area contributed by atoms with E-state index >= 15 is 0 Å². The second-order valence-corrected chi connectivity index (χ2v) is 5.22. The third-order valence-corrected chi connectivity index (χ3v) is 3.59. The van der Waals surface area contributed by atoms with Crippen LogP contribution in [-0.2, 0) is 11.3 Å². The number of rotatable bonds is 5. The Morgan fingerprint density at radius 2 is 1.68 bits per heavy atom. The summed E-state index contributed by atoms with van der Waals surface area (Å²) in [6, 6.07) is 13.9. The van der Waals surface area contributed by atoms with Gasteiger partial charge >= 0.3 is 0 Å². The van der Waals surface area contributed by atoms with Crippen molar-refractivity contribution in [3.63, 3.8) is 0 Å². The van der Waals surface area contributed by atoms with Crippen LogP contribution in [0.4, 0.5) is 4.39 Å². The van der Waals surface area contributed by atoms with Gasteiger partial charge in [0, 0.05) is 10.4 Å². The highest BCUT2D eigenvalue weighted by Gasteiger charge is 2.10. The van der Waals surface area contributed by atoms with Crippen molar-refractivity contribution in [1.29, 1.82) is 0 Å². The van der Waals surface area contributed by atoms with Gasteiger partial charge in [-0.3, -0.25) is 0 Å². The smallest absolute Gasteiger partial charge is 0.123 e. The van der Waals surface area contributed by atoms with Crippen LogP contribution in [0.25, 0.3) is 0 Å². The molecule has 1 nitrogen and oxygen atoms in total. The molecule has 0 aliphatic rings. The Labute approximate surface area is 125 Å². The van der Waals surface area contributed by atoms with Gasteiger partial charge in [0.2, 0.25) is 0 Å². The molecule has 0 aromatic heterocycles. The molecular formula is C15H13BrClFO. The van der Waals surface area contributed by atoms with Crippen LogP contribution >= 0.6 is 27.5 Å². The lowest BCUT2D eigenvalue weighted by Gasteiger charge is -2.16. The Hall–Kier alpha value is -0.900. The molecule has 2 aromatic rings. The topological polar surface area (TPSA) is 9.23 Å². The van der Waals surface area contributed by atoms with E-state index in [2.05, 4.69) is 15.9 Å². The van der Waals surface area contributed by atoms with Crippen LogP contribution in [-0.4, -0.2) is 5.33 Å². The maximum atomic E-state index is 12.9. The number of halogens is 3. The highest BCUT2D eigenvalue weighted by molar-refractivity contribution is 9.09. The highest BCUT2D eigenvalue weighted by Crippen LogP contribution is 2.22. The van der Waals surface area contributed by atoms with Crippen molar-refractivity contribution in [2.45, 2.75) is 12.7 Å². The molecule has 0 N–H and O–H groups in total. The predicted octanol–water partition coefficient (Wildman–Crippen LogP) is 5.13. The summed E-state index contributed by atoms with van der Waals surface area (Å²) in [6.45, 7) is 0.491. The third-order valence-electron chi connectivity index (χ3n) is 2.75. The molecule has 0 bridgehead atoms. The molecule has 0 saturated heterocycles. The van der Waals surface area contributed by atoms with Crippen LogP contribution in [0.15, 0.2) is 48.5 Å². The molecule has 0 aliphatic heterocycles. The molecule has 19 heavy (non-hydrogen) atoms. The van der Waals surface area contributed by atoms with E-state index in [-0.39, 0.29) is 11.9 Å². The van der Waals surface area contributed by atoms with Crippen LogP contribution in [0.5, 0.6) is 0 Å². The van der Waals surface area contributed by atoms with E-state index in [9.17, 15) is 4.39 Å². The summed E-state index contributed by atoms with van der Waals surface area (Å²) in [5.74, 6) is -0.241. The first kappa shape index (κ1) is 14.5. The first-order chi connectivity index (χ1) is 9.19. The summed E-state index contributed by atoms with van der Waals surface area (Å²) in [6.07, 6.45) is -0.101. The minimum absolute atomic E-state index is 0.101. The van der Waals surface area contributed by atoms with Crippen LogP contribution in [0.2, 0.25) is 5.02 Å². The van der Waals surface area contributed by atoms with Gasteiger partial charge in [-0.15, -0.1) is 0 Å². The van der Waals surface area contributed by atoms with Crippen molar-refractivity contribution in [2.24, 2.45) is 0 Å². The molecule has 1 unspecified atom stereocenters. The van der Waals surface area contributed by atoms with Crippen LogP contribution < -0.4 is 0 Å². The molecule has 0 fully saturated rings. The Kier molecular flexibility index (Phi) is 5.37. The van der Waals surface area contributed by atoms with E-state index in [4.69, 9.17) is 16.3 Å². The molecule has 0 spiro atoms. The van der Waals surface area contributed by atoms with Crippen LogP contribution in [0.1, 0.15) is 17.2 Å². The minimum Gasteiger partial charge on any atom is -0.368 e. The second kappa shape index (κ2) is 7.04. The summed E-state index contributed by atoms with van der Waals surface area (Å²) in [5, 5.41) is 1.37. The fourth-order valence-corrected chi connectivity index (χ4v) is 2.37. The molecule has 0 amide bonds. The van der Waals surface area contributed by atoms with Crippen molar-refractivity contribution < 1.29 is 9.13 Å². The summed E-state index contributed by atoms with van der Waals surface area (Å²) in [4.78, 5) is 0. The fraction of sp³-hybridized carbons (Fsp3) is 0.200. The van der Waals surface area contributed by atoms with Gasteiger partial charge in [-0.2, -0.15) is 0 Å². The van der Waals surface area contributed by atoms with Crippen molar-refractivity contribution in [3.05, 3.63) is 70.5 Å². The van der Waals surface area contributed by atoms with Crippen LogP contribution in [0, 0.1) is 5.82 Å². The molecule has 0 heterocycles. The fourth-order valence-electron chi connectivity index (χ4n) is 1.68. The Balaban J connectivity index is 1.99. The number of hydrogen-bond acceptors (Lipinski definition) is 1. The first-order valence-electron chi connectivity index (χ1n) is 5.86. The van der Waals surface area contributed by atoms with Crippen molar-refractivity contribution in [3.8, 4) is 0 Å². The van der Waals surface area contributed by atoms with Gasteiger partial charge < -0.3 is 4.74 Å². The molecule has 4 heteroatoms. The van der Waals surface area contributed by atoms with E-state index in [0.29, 0.717) is 17.0 Å². The van der Waals surface area contributed by atoms with E-state index in [1.54, 1.807) is 12.1 Å². The average molecular weight is 344 g/mol. The Morgan fingerprint density at radius 3 is 2.26 bits per heavy atom. The quantitative estimate of drug-likeness (QED) is 0.684. The predicted molar refractivity (Wildman–Crippen MR) is 79.2 cm³/mol. The summed E-state index contributed by atoms with van der Waals surface area (Å²) < 4.78 is 18.7. The van der Waals surface area contributed by atoms with E-state index in [0.717, 1.165) is 11.1 Å². The normalized spacial score (nSPS) is 12.4. The average Bonchev–Trinajstić information content (AvgIpc) is 2.43. The molecule has 2 aromatic carbocycles. The molecular weight excluding hydrogens is 331 g/mol. The van der Waals surface area contributed by atoms with Gasteiger partial charge in [-0.1, -0.05) is 51.8 Å². The molecule has 0 saturated carbocycles. The van der Waals surface area contributed by atoms with E-state index in [1.165, 1.54) is 12.1 Å². The zero-order chi connectivity index (χ0) is 13.7. The highest BCUT2D eigenvalue weighted by atomic mass is 79.9. The van der Waals surface area contributed by atoms with Gasteiger partial charge in [0.15, 0.2) is 0 Å². The van der Waals surface area contributed by atoms with Crippen molar-refractivity contribution in [2.75, 3.05) is 5.33 Å². The molecule has 2 rings (SSSR count). The van der Waals surface area contributed by atoms with Gasteiger partial charge in [0.1, 0.15) is 5.82 Å². The lowest BCUT2D eigenvalue weighted by Crippen LogP contribution is -2.06. The number of alkyl halides is 1. The monoisotopic (exact) mass is 342 g/mol. The SMILES string of the molecule is Fc1ccc(C(CBr)OCc2ccc(Cl)cc2)cc1. The van der Waals surface area contributed by atoms with Gasteiger partial charge in [0.05, 0.1) is 12.7 Å². The van der Waals surface area contributed by atoms with Crippen molar-refractivity contribution >= 4 is 27.5 Å². The lowest BCUT2D eigenvalue weighted by molar-refractivity contribution is 0.0565. The molecule has 100 valence electrons. The Morgan fingerprint density at radius 1 is 1.05 bits per heavy atom. The minimum atomic E-state index is -0.241. The zero-order valence-corrected chi connectivity index (χ0v) is 12.5. The standard InChI is InChI=1S/C15H13BrClFO/c16-9-15(12-3-7-14(18)8-4-12)19-10-11-1-5-13(17)6-2-11/h1-8,15H,9-10H2. The number of ether oxygens (including phenoxy) is 1. The maximum Gasteiger partial charge on any atom is 0.123 e. The van der Waals surface area contributed by atoms with Crippen LogP contribution in [0.3, 0.4) is 0 Å². The Bertz CT molecular complexity index is 513. The molecule has 0 radical (unpaired) electrons. The summed E-state index contributed by atoms with van der Waals surface area (Å²) in [5.41, 5.74) is 2.00. The van der Waals surface area contributed by atoms with Crippen molar-refractivity contribution in [1.82, 2.24) is 0 Å². The molecule has 1 atom stereocenters. The lowest BCUT2D eigenvalue weighted by atomic mass is 10.1. The van der Waals surface area contributed by atoms with E-state index < -0.39 is 0 Å². The zero-order valence-electron chi connectivity index (χ0n) is 10.2. The largest absolute Gasteiger partial charge is 0.368 e. The first-order valence-corrected chi connectivity index (χ1v) is 7.36. The van der Waals surface area contributed by atoms with Gasteiger partial charge in [-0.25, -0.2) is 4.39 Å². The molecule has 0 aliphatic carbocycles. The number of hydrogen-bond donors (Lipinski definition) is 0. The second-order valence-electron chi connectivity index (χ2n) is 4.13. The maximum absolute atomic E-state index is 12.9. The van der Waals surface area contributed by atoms with Gasteiger partial charge in [-0.05, 0) is 35.4 Å². The van der Waals surface area contributed by atoms with E-state index in [1.807, 2.05) is 24.3 Å². The summed E-state index contributed by atoms with van der Waals surface area (Å²) in [7, 11) is 0. The third kappa shape index (κ3) is 4.30. The summed E-state index contributed by atoms with van der Waals surface area (Å²) >= 11 is 9.24. The number of benzene rings is 2. The van der Waals surface area contributed by atoms with Gasteiger partial charge in [0.25, 0.3) is 0 Å².